The van der Waals surface area contributed by atoms with Gasteiger partial charge in [-0.15, -0.1) is 0 Å². The minimum Gasteiger partial charge on any atom is -0.457 e. The highest BCUT2D eigenvalue weighted by molar-refractivity contribution is 5.86. The number of aliphatic hydroxyl groups is 1. The molecule has 4 aliphatic carbocycles. The van der Waals surface area contributed by atoms with E-state index in [4.69, 9.17) is 9.15 Å². The average Bonchev–Trinajstić information content (AvgIpc) is 3.36. The number of fused-ring (bicyclic) bond motifs is 5. The second kappa shape index (κ2) is 7.43. The van der Waals surface area contributed by atoms with Gasteiger partial charge in [0.05, 0.1) is 19.0 Å². The zero-order valence-corrected chi connectivity index (χ0v) is 18.4. The summed E-state index contributed by atoms with van der Waals surface area (Å²) in [7, 11) is 0. The molecule has 1 aromatic rings. The molecule has 0 amide bonds. The average molecular weight is 433 g/mol. The maximum absolute atomic E-state index is 14.9. The Morgan fingerprint density at radius 1 is 1.39 bits per heavy atom. The van der Waals surface area contributed by atoms with Gasteiger partial charge in [0.2, 0.25) is 5.76 Å². The van der Waals surface area contributed by atoms with Crippen LogP contribution in [-0.4, -0.2) is 35.7 Å². The van der Waals surface area contributed by atoms with Crippen LogP contribution in [0.3, 0.4) is 0 Å². The normalized spacial score (nSPS) is 46.7. The molecule has 9 atom stereocenters. The number of carbonyl (C=O) groups excluding carboxylic acids is 2. The summed E-state index contributed by atoms with van der Waals surface area (Å²) in [5.41, 5.74) is -0.930. The van der Waals surface area contributed by atoms with E-state index >= 15 is 0 Å². The molecule has 170 valence electrons. The molecule has 4 aliphatic rings. The molecule has 5 nitrogen and oxygen atoms in total. The van der Waals surface area contributed by atoms with Crippen LogP contribution in [0.5, 0.6) is 0 Å². The number of ether oxygens (including phenoxy) is 1. The van der Waals surface area contributed by atoms with Gasteiger partial charge < -0.3 is 14.3 Å². The summed E-state index contributed by atoms with van der Waals surface area (Å²) in [4.78, 5) is 24.7. The number of esters is 1. The number of aliphatic hydroxyl groups excluding tert-OH is 1. The van der Waals surface area contributed by atoms with Crippen LogP contribution in [0.2, 0.25) is 0 Å². The van der Waals surface area contributed by atoms with Crippen LogP contribution in [0.15, 0.2) is 22.8 Å². The second-order valence-corrected chi connectivity index (χ2v) is 11.0. The highest BCUT2D eigenvalue weighted by Gasteiger charge is 2.67. The van der Waals surface area contributed by atoms with E-state index in [1.807, 2.05) is 6.92 Å². The molecule has 6 heteroatoms. The Balaban J connectivity index is 1.46. The fourth-order valence-electron chi connectivity index (χ4n) is 8.28. The zero-order chi connectivity index (χ0) is 22.0. The van der Waals surface area contributed by atoms with Gasteiger partial charge in [0.25, 0.3) is 0 Å². The monoisotopic (exact) mass is 432 g/mol. The van der Waals surface area contributed by atoms with E-state index in [1.54, 1.807) is 12.1 Å². The summed E-state index contributed by atoms with van der Waals surface area (Å²) < 4.78 is 25.9. The summed E-state index contributed by atoms with van der Waals surface area (Å²) in [5.74, 6) is 0.582. The minimum absolute atomic E-state index is 0.0177. The molecule has 4 saturated carbocycles. The Kier molecular flexibility index (Phi) is 5.07. The molecule has 0 aliphatic heterocycles. The third-order valence-corrected chi connectivity index (χ3v) is 9.59. The summed E-state index contributed by atoms with van der Waals surface area (Å²) >= 11 is 0. The van der Waals surface area contributed by atoms with E-state index in [0.29, 0.717) is 31.0 Å². The lowest BCUT2D eigenvalue weighted by atomic mass is 9.44. The fourth-order valence-corrected chi connectivity index (χ4v) is 8.28. The Hall–Kier alpha value is -1.69. The third-order valence-electron chi connectivity index (χ3n) is 9.59. The quantitative estimate of drug-likeness (QED) is 0.708. The first kappa shape index (κ1) is 21.2. The fraction of sp³-hybridized carbons (Fsp3) is 0.760. The summed E-state index contributed by atoms with van der Waals surface area (Å²) in [5, 5.41) is 11.4. The molecule has 0 bridgehead atoms. The van der Waals surface area contributed by atoms with Crippen molar-refractivity contribution in [1.82, 2.24) is 0 Å². The first-order valence-electron chi connectivity index (χ1n) is 11.8. The van der Waals surface area contributed by atoms with Gasteiger partial charge in [-0.25, -0.2) is 4.79 Å². The topological polar surface area (TPSA) is 76.7 Å². The van der Waals surface area contributed by atoms with Crippen LogP contribution >= 0.6 is 0 Å². The molecular weight excluding hydrogens is 399 g/mol. The standard InChI is InChI=1S/C25H33FO5/c1-14-10-18-17-6-5-15-11-16(27)7-8-24(15,2)21(17)19(28)12-25(18,13-26)22(14)31-23(29)20-4-3-9-30-20/h3-4,9,14-15,17-19,21-22,28H,5-8,10-13H2,1-2H3/t14-,15?,17+,18+,19+,21-,22-,24+,25-/m1/s1. The van der Waals surface area contributed by atoms with E-state index in [1.165, 1.54) is 6.26 Å². The van der Waals surface area contributed by atoms with E-state index in [-0.39, 0.29) is 34.8 Å². The summed E-state index contributed by atoms with van der Waals surface area (Å²) in [6.07, 6.45) is 5.20. The number of carbonyl (C=O) groups is 2. The van der Waals surface area contributed by atoms with E-state index in [0.717, 1.165) is 25.7 Å². The highest BCUT2D eigenvalue weighted by Crippen LogP contribution is 2.67. The van der Waals surface area contributed by atoms with Gasteiger partial charge in [-0.05, 0) is 79.2 Å². The van der Waals surface area contributed by atoms with Crippen molar-refractivity contribution in [3.8, 4) is 0 Å². The third kappa shape index (κ3) is 3.04. The van der Waals surface area contributed by atoms with Crippen molar-refractivity contribution in [2.45, 2.75) is 71.0 Å². The van der Waals surface area contributed by atoms with Gasteiger partial charge in [-0.3, -0.25) is 9.18 Å². The number of halogens is 1. The lowest BCUT2D eigenvalue weighted by Gasteiger charge is -2.61. The van der Waals surface area contributed by atoms with Crippen molar-refractivity contribution in [3.63, 3.8) is 0 Å². The smallest absolute Gasteiger partial charge is 0.374 e. The number of rotatable bonds is 3. The van der Waals surface area contributed by atoms with Crippen molar-refractivity contribution in [3.05, 3.63) is 24.2 Å². The van der Waals surface area contributed by atoms with E-state index < -0.39 is 30.3 Å². The molecule has 5 rings (SSSR count). The van der Waals surface area contributed by atoms with Crippen LogP contribution in [-0.2, 0) is 9.53 Å². The number of hydrogen-bond donors (Lipinski definition) is 1. The molecule has 1 unspecified atom stereocenters. The van der Waals surface area contributed by atoms with Crippen molar-refractivity contribution in [2.75, 3.05) is 6.67 Å². The van der Waals surface area contributed by atoms with Crippen LogP contribution in [0.4, 0.5) is 4.39 Å². The van der Waals surface area contributed by atoms with Crippen LogP contribution in [0, 0.1) is 40.4 Å². The van der Waals surface area contributed by atoms with Gasteiger partial charge in [0.15, 0.2) is 0 Å². The largest absolute Gasteiger partial charge is 0.457 e. The number of hydrogen-bond acceptors (Lipinski definition) is 5. The van der Waals surface area contributed by atoms with Crippen LogP contribution in [0.25, 0.3) is 0 Å². The Morgan fingerprint density at radius 3 is 2.90 bits per heavy atom. The van der Waals surface area contributed by atoms with Crippen LogP contribution in [0.1, 0.15) is 69.3 Å². The van der Waals surface area contributed by atoms with Crippen LogP contribution < -0.4 is 0 Å². The highest BCUT2D eigenvalue weighted by atomic mass is 19.1. The molecule has 1 heterocycles. The zero-order valence-electron chi connectivity index (χ0n) is 18.4. The molecule has 0 spiro atoms. The second-order valence-electron chi connectivity index (χ2n) is 11.0. The lowest BCUT2D eigenvalue weighted by Crippen LogP contribution is -2.61. The molecule has 0 saturated heterocycles. The first-order valence-corrected chi connectivity index (χ1v) is 11.8. The van der Waals surface area contributed by atoms with Gasteiger partial charge in [0.1, 0.15) is 11.9 Å². The summed E-state index contributed by atoms with van der Waals surface area (Å²) in [6, 6.07) is 3.19. The molecule has 1 aromatic heterocycles. The van der Waals surface area contributed by atoms with Crippen molar-refractivity contribution in [1.29, 1.82) is 0 Å². The molecule has 4 fully saturated rings. The SMILES string of the molecule is C[C@@H]1C[C@H]2[C@@H]3CCC4CC(=O)CC[C@]4(C)[C@H]3[C@@H](O)C[C@]2(CF)[C@@H]1OC(=O)c1ccco1. The summed E-state index contributed by atoms with van der Waals surface area (Å²) in [6.45, 7) is 3.68. The Labute approximate surface area is 182 Å². The van der Waals surface area contributed by atoms with Gasteiger partial charge in [-0.2, -0.15) is 0 Å². The first-order chi connectivity index (χ1) is 14.8. The predicted octanol–water partition coefficient (Wildman–Crippen LogP) is 4.58. The number of alkyl halides is 1. The van der Waals surface area contributed by atoms with Crippen molar-refractivity contribution in [2.24, 2.45) is 40.4 Å². The lowest BCUT2D eigenvalue weighted by molar-refractivity contribution is -0.186. The van der Waals surface area contributed by atoms with Gasteiger partial charge in [0, 0.05) is 18.3 Å². The molecular formula is C25H33FO5. The Bertz CT molecular complexity index is 852. The number of furan rings is 1. The Morgan fingerprint density at radius 2 is 2.19 bits per heavy atom. The predicted molar refractivity (Wildman–Crippen MR) is 111 cm³/mol. The maximum atomic E-state index is 14.9. The molecule has 0 aromatic carbocycles. The number of Topliss-reactive ketones (excluding diaryl/α,β-unsaturated/α-hetero) is 1. The van der Waals surface area contributed by atoms with E-state index in [9.17, 15) is 19.1 Å². The molecule has 31 heavy (non-hydrogen) atoms. The minimum atomic E-state index is -0.851. The molecule has 0 radical (unpaired) electrons. The van der Waals surface area contributed by atoms with Crippen molar-refractivity contribution >= 4 is 11.8 Å². The van der Waals surface area contributed by atoms with Gasteiger partial charge >= 0.3 is 5.97 Å². The molecule has 1 N–H and O–H groups in total. The van der Waals surface area contributed by atoms with Crippen molar-refractivity contribution < 1.29 is 28.2 Å². The van der Waals surface area contributed by atoms with E-state index in [2.05, 4.69) is 6.92 Å². The van der Waals surface area contributed by atoms with Gasteiger partial charge in [-0.1, -0.05) is 13.8 Å². The number of ketones is 1. The maximum Gasteiger partial charge on any atom is 0.374 e.